The van der Waals surface area contributed by atoms with Gasteiger partial charge in [-0.25, -0.2) is 4.79 Å². The van der Waals surface area contributed by atoms with Crippen molar-refractivity contribution in [1.29, 1.82) is 0 Å². The van der Waals surface area contributed by atoms with Gasteiger partial charge in [-0.15, -0.1) is 11.3 Å². The maximum Gasteiger partial charge on any atom is 0.345 e. The van der Waals surface area contributed by atoms with E-state index < -0.39 is 12.1 Å². The highest BCUT2D eigenvalue weighted by Crippen LogP contribution is 2.41. The highest BCUT2D eigenvalue weighted by Gasteiger charge is 2.33. The first kappa shape index (κ1) is 23.9. The summed E-state index contributed by atoms with van der Waals surface area (Å²) in [6.07, 6.45) is 0.432. The fourth-order valence-corrected chi connectivity index (χ4v) is 6.16. The Kier molecular flexibility index (Phi) is 6.63. The molecule has 7 nitrogen and oxygen atoms in total. The highest BCUT2D eigenvalue weighted by molar-refractivity contribution is 7.16. The first-order chi connectivity index (χ1) is 16.9. The van der Waals surface area contributed by atoms with Crippen molar-refractivity contribution >= 4 is 51.4 Å². The maximum absolute atomic E-state index is 13.1. The molecule has 5 rings (SSSR count). The van der Waals surface area contributed by atoms with Gasteiger partial charge < -0.3 is 20.1 Å². The van der Waals surface area contributed by atoms with Crippen LogP contribution >= 0.6 is 34.5 Å². The summed E-state index contributed by atoms with van der Waals surface area (Å²) in [4.78, 5) is 29.3. The molecule has 2 N–H and O–H groups in total. The monoisotopic (exact) mass is 531 g/mol. The number of nitrogens with one attached hydrogen (secondary N) is 2. The normalized spacial score (nSPS) is 17.1. The van der Waals surface area contributed by atoms with Crippen LogP contribution in [0, 0.1) is 0 Å². The third kappa shape index (κ3) is 4.59. The number of ether oxygens (including phenoxy) is 2. The number of methoxy groups -OCH3 is 1. The van der Waals surface area contributed by atoms with Crippen LogP contribution in [0.25, 0.3) is 0 Å². The smallest absolute Gasteiger partial charge is 0.345 e. The van der Waals surface area contributed by atoms with Crippen LogP contribution in [0.5, 0.6) is 11.5 Å². The molecule has 2 aromatic carbocycles. The molecule has 0 bridgehead atoms. The molecule has 0 radical (unpaired) electrons. The second kappa shape index (κ2) is 9.70. The number of halogens is 2. The van der Waals surface area contributed by atoms with Crippen LogP contribution in [0.15, 0.2) is 36.4 Å². The van der Waals surface area contributed by atoms with Crippen LogP contribution in [0.3, 0.4) is 0 Å². The van der Waals surface area contributed by atoms with Crippen LogP contribution in [0.1, 0.15) is 49.8 Å². The number of benzene rings is 2. The van der Waals surface area contributed by atoms with E-state index >= 15 is 0 Å². The van der Waals surface area contributed by atoms with Gasteiger partial charge in [-0.3, -0.25) is 9.69 Å². The van der Waals surface area contributed by atoms with Gasteiger partial charge in [-0.2, -0.15) is 0 Å². The summed E-state index contributed by atoms with van der Waals surface area (Å²) in [6.45, 7) is 4.97. The van der Waals surface area contributed by atoms with Crippen molar-refractivity contribution in [2.24, 2.45) is 0 Å². The topological polar surface area (TPSA) is 79.9 Å². The lowest BCUT2D eigenvalue weighted by molar-refractivity contribution is 0.0729. The molecular formula is C25H23Cl2N3O4S. The lowest BCUT2D eigenvalue weighted by Gasteiger charge is -2.28. The summed E-state index contributed by atoms with van der Waals surface area (Å²) in [5.41, 5.74) is 2.87. The number of carbonyl (C=O) groups excluding carboxylic acids is 2. The fourth-order valence-electron chi connectivity index (χ4n) is 4.36. The molecule has 0 aliphatic carbocycles. The van der Waals surface area contributed by atoms with Crippen LogP contribution in [-0.4, -0.2) is 37.0 Å². The van der Waals surface area contributed by atoms with Gasteiger partial charge in [0.05, 0.1) is 23.3 Å². The van der Waals surface area contributed by atoms with Gasteiger partial charge in [0.15, 0.2) is 11.5 Å². The number of anilines is 1. The molecule has 0 saturated heterocycles. The zero-order chi connectivity index (χ0) is 24.7. The minimum absolute atomic E-state index is 0.0851. The molecule has 0 unspecified atom stereocenters. The second-order valence-corrected chi connectivity index (χ2v) is 10.3. The van der Waals surface area contributed by atoms with Gasteiger partial charge in [-0.1, -0.05) is 36.2 Å². The maximum atomic E-state index is 13.1. The average molecular weight is 532 g/mol. The van der Waals surface area contributed by atoms with E-state index in [4.69, 9.17) is 32.7 Å². The van der Waals surface area contributed by atoms with Gasteiger partial charge in [0.2, 0.25) is 0 Å². The summed E-state index contributed by atoms with van der Waals surface area (Å²) < 4.78 is 11.0. The van der Waals surface area contributed by atoms with Gasteiger partial charge >= 0.3 is 5.97 Å². The first-order valence-corrected chi connectivity index (χ1v) is 12.7. The van der Waals surface area contributed by atoms with Gasteiger partial charge in [0.25, 0.3) is 5.91 Å². The number of likely N-dealkylation sites (N-methyl/N-ethyl adjacent to an activating group) is 1. The van der Waals surface area contributed by atoms with Gasteiger partial charge in [0.1, 0.15) is 11.2 Å². The Balaban J connectivity index is 1.37. The number of thiophene rings is 1. The first-order valence-electron chi connectivity index (χ1n) is 11.2. The van der Waals surface area contributed by atoms with Crippen LogP contribution in [-0.2, 0) is 13.0 Å². The van der Waals surface area contributed by atoms with E-state index in [0.29, 0.717) is 10.8 Å². The van der Waals surface area contributed by atoms with Crippen molar-refractivity contribution in [2.45, 2.75) is 26.1 Å². The van der Waals surface area contributed by atoms with Crippen molar-refractivity contribution in [3.63, 3.8) is 0 Å². The third-order valence-electron chi connectivity index (χ3n) is 6.24. The fraction of sp³-hybridized carbons (Fsp3) is 0.280. The van der Waals surface area contributed by atoms with Gasteiger partial charge in [0, 0.05) is 23.0 Å². The number of hydrogen-bond donors (Lipinski definition) is 2. The highest BCUT2D eigenvalue weighted by atomic mass is 35.5. The molecule has 3 heterocycles. The average Bonchev–Trinajstić information content (AvgIpc) is 3.22. The summed E-state index contributed by atoms with van der Waals surface area (Å²) in [5, 5.41) is 8.01. The summed E-state index contributed by atoms with van der Waals surface area (Å²) in [7, 11) is 1.49. The second-order valence-electron chi connectivity index (χ2n) is 8.30. The van der Waals surface area contributed by atoms with E-state index in [0.717, 1.165) is 47.7 Å². The van der Waals surface area contributed by atoms with Crippen molar-refractivity contribution in [3.8, 4) is 11.5 Å². The molecule has 2 aliphatic heterocycles. The van der Waals surface area contributed by atoms with Crippen LogP contribution in [0.4, 0.5) is 5.00 Å². The van der Waals surface area contributed by atoms with Crippen molar-refractivity contribution in [1.82, 2.24) is 10.2 Å². The summed E-state index contributed by atoms with van der Waals surface area (Å²) in [5.74, 6) is -0.122. The molecule has 182 valence electrons. The SMILES string of the molecule is CCN1CCc2c(sc3c2C(=O)N[C@H](c2ccc(OC(=O)c4ccc(Cl)cc4Cl)c(OC)c2)N3)C1. The largest absolute Gasteiger partial charge is 0.493 e. The zero-order valence-electron chi connectivity index (χ0n) is 19.1. The number of nitrogens with zero attached hydrogens (tertiary/aromatic N) is 1. The molecule has 10 heteroatoms. The number of rotatable bonds is 5. The summed E-state index contributed by atoms with van der Waals surface area (Å²) in [6, 6.07) is 9.71. The Morgan fingerprint density at radius 3 is 2.74 bits per heavy atom. The minimum Gasteiger partial charge on any atom is -0.493 e. The molecule has 1 atom stereocenters. The van der Waals surface area contributed by atoms with E-state index in [-0.39, 0.29) is 22.2 Å². The number of amides is 1. The molecule has 0 fully saturated rings. The molecule has 2 aliphatic rings. The Labute approximate surface area is 216 Å². The lowest BCUT2D eigenvalue weighted by atomic mass is 10.0. The quantitative estimate of drug-likeness (QED) is 0.333. The number of carbonyl (C=O) groups is 2. The molecule has 0 spiro atoms. The van der Waals surface area contributed by atoms with E-state index in [1.165, 1.54) is 24.1 Å². The molecule has 3 aromatic rings. The number of esters is 1. The molecule has 35 heavy (non-hydrogen) atoms. The van der Waals surface area contributed by atoms with E-state index in [1.54, 1.807) is 35.6 Å². The minimum atomic E-state index is -0.628. The van der Waals surface area contributed by atoms with Gasteiger partial charge in [-0.05, 0) is 54.4 Å². The van der Waals surface area contributed by atoms with Crippen molar-refractivity contribution in [3.05, 3.63) is 73.6 Å². The van der Waals surface area contributed by atoms with Crippen molar-refractivity contribution in [2.75, 3.05) is 25.5 Å². The number of fused-ring (bicyclic) bond motifs is 3. The van der Waals surface area contributed by atoms with Crippen LogP contribution < -0.4 is 20.1 Å². The Hall–Kier alpha value is -2.78. The predicted octanol–water partition coefficient (Wildman–Crippen LogP) is 5.51. The molecule has 0 saturated carbocycles. The number of hydrogen-bond acceptors (Lipinski definition) is 7. The van der Waals surface area contributed by atoms with E-state index in [2.05, 4.69) is 22.5 Å². The Morgan fingerprint density at radius 1 is 1.17 bits per heavy atom. The summed E-state index contributed by atoms with van der Waals surface area (Å²) >= 11 is 13.7. The third-order valence-corrected chi connectivity index (χ3v) is 7.93. The van der Waals surface area contributed by atoms with Crippen LogP contribution in [0.2, 0.25) is 10.0 Å². The van der Waals surface area contributed by atoms with E-state index in [9.17, 15) is 9.59 Å². The van der Waals surface area contributed by atoms with Crippen molar-refractivity contribution < 1.29 is 19.1 Å². The molecular weight excluding hydrogens is 509 g/mol. The predicted molar refractivity (Wildman–Crippen MR) is 137 cm³/mol. The standard InChI is InChI=1S/C25H23Cl2N3O4S/c1-3-30-9-8-16-20(12-30)35-24-21(16)23(31)28-22(29-24)13-4-7-18(19(10-13)33-2)34-25(32)15-6-5-14(26)11-17(15)27/h4-7,10-11,22,29H,3,8-9,12H2,1-2H3,(H,28,31)/t22-/m0/s1. The Bertz CT molecular complexity index is 1330. The Morgan fingerprint density at radius 2 is 2.00 bits per heavy atom. The molecule has 1 amide bonds. The lowest BCUT2D eigenvalue weighted by Crippen LogP contribution is -2.38. The molecule has 1 aromatic heterocycles. The zero-order valence-corrected chi connectivity index (χ0v) is 21.4. The van der Waals surface area contributed by atoms with E-state index in [1.807, 2.05) is 0 Å².